The molecule has 8 nitrogen and oxygen atoms in total. The molecular formula is C20H28ClN5O3. The molecule has 1 saturated heterocycles. The highest BCUT2D eigenvalue weighted by atomic mass is 35.5. The number of H-pyrrole nitrogens is 1. The van der Waals surface area contributed by atoms with E-state index in [1.807, 2.05) is 23.1 Å². The molecule has 2 aliphatic heterocycles. The van der Waals surface area contributed by atoms with Crippen LogP contribution >= 0.6 is 12.4 Å². The van der Waals surface area contributed by atoms with Gasteiger partial charge in [0, 0.05) is 73.8 Å². The number of methoxy groups -OCH3 is 2. The summed E-state index contributed by atoms with van der Waals surface area (Å²) in [5.74, 6) is 1.48. The zero-order valence-corrected chi connectivity index (χ0v) is 17.6. The number of nitrogens with one attached hydrogen (secondary N) is 3. The Morgan fingerprint density at radius 1 is 1.24 bits per heavy atom. The maximum atomic E-state index is 13.1. The van der Waals surface area contributed by atoms with E-state index in [0.717, 1.165) is 60.8 Å². The number of carbonyl (C=O) groups is 1. The van der Waals surface area contributed by atoms with Crippen LogP contribution in [0.25, 0.3) is 0 Å². The third-order valence-corrected chi connectivity index (χ3v) is 5.44. The summed E-state index contributed by atoms with van der Waals surface area (Å²) < 4.78 is 10.7. The largest absolute Gasteiger partial charge is 0.497 e. The minimum Gasteiger partial charge on any atom is -0.497 e. The minimum absolute atomic E-state index is 0. The van der Waals surface area contributed by atoms with Crippen LogP contribution < -0.4 is 20.1 Å². The van der Waals surface area contributed by atoms with Crippen molar-refractivity contribution in [2.45, 2.75) is 31.8 Å². The lowest BCUT2D eigenvalue weighted by molar-refractivity contribution is 0.0707. The fourth-order valence-electron chi connectivity index (χ4n) is 3.96. The predicted molar refractivity (Wildman–Crippen MR) is 113 cm³/mol. The first-order valence-corrected chi connectivity index (χ1v) is 9.73. The van der Waals surface area contributed by atoms with Gasteiger partial charge in [-0.15, -0.1) is 12.4 Å². The first-order chi connectivity index (χ1) is 13.7. The number of carbonyl (C=O) groups excluding carboxylic acids is 1. The first kappa shape index (κ1) is 21.3. The number of benzene rings is 1. The molecule has 1 aromatic carbocycles. The predicted octanol–water partition coefficient (Wildman–Crippen LogP) is 2.21. The molecule has 2 aromatic rings. The normalized spacial score (nSPS) is 18.4. The molecule has 29 heavy (non-hydrogen) atoms. The van der Waals surface area contributed by atoms with Gasteiger partial charge in [-0.3, -0.25) is 9.89 Å². The van der Waals surface area contributed by atoms with Gasteiger partial charge >= 0.3 is 0 Å². The zero-order valence-electron chi connectivity index (χ0n) is 16.8. The lowest BCUT2D eigenvalue weighted by Gasteiger charge is -2.33. The molecule has 0 aliphatic carbocycles. The summed E-state index contributed by atoms with van der Waals surface area (Å²) in [5, 5.41) is 14.2. The molecule has 0 bridgehead atoms. The lowest BCUT2D eigenvalue weighted by atomic mass is 10.0. The molecular weight excluding hydrogens is 394 g/mol. The molecule has 3 heterocycles. The molecule has 1 amide bonds. The Morgan fingerprint density at radius 3 is 2.72 bits per heavy atom. The number of nitrogens with zero attached hydrogens (tertiary/aromatic N) is 2. The van der Waals surface area contributed by atoms with Gasteiger partial charge in [-0.25, -0.2) is 0 Å². The van der Waals surface area contributed by atoms with Crippen molar-refractivity contribution in [2.24, 2.45) is 0 Å². The van der Waals surface area contributed by atoms with Crippen LogP contribution in [0.1, 0.15) is 34.6 Å². The van der Waals surface area contributed by atoms with Crippen molar-refractivity contribution in [2.75, 3.05) is 39.2 Å². The Kier molecular flexibility index (Phi) is 6.87. The quantitative estimate of drug-likeness (QED) is 0.685. The van der Waals surface area contributed by atoms with Crippen molar-refractivity contribution in [3.8, 4) is 11.5 Å². The van der Waals surface area contributed by atoms with Crippen LogP contribution in [0.15, 0.2) is 18.2 Å². The van der Waals surface area contributed by atoms with Crippen molar-refractivity contribution in [3.05, 3.63) is 35.2 Å². The van der Waals surface area contributed by atoms with Gasteiger partial charge in [-0.05, 0) is 12.8 Å². The second-order valence-electron chi connectivity index (χ2n) is 7.29. The summed E-state index contributed by atoms with van der Waals surface area (Å²) in [7, 11) is 3.28. The van der Waals surface area contributed by atoms with Crippen LogP contribution in [0, 0.1) is 0 Å². The number of piperidine rings is 1. The van der Waals surface area contributed by atoms with Gasteiger partial charge in [0.2, 0.25) is 0 Å². The number of ether oxygens (including phenoxy) is 2. The van der Waals surface area contributed by atoms with E-state index in [2.05, 4.69) is 20.8 Å². The molecule has 1 aromatic heterocycles. The monoisotopic (exact) mass is 421 g/mol. The average molecular weight is 422 g/mol. The third-order valence-electron chi connectivity index (χ3n) is 5.44. The number of hydrogen-bond donors (Lipinski definition) is 3. The second-order valence-corrected chi connectivity index (χ2v) is 7.29. The SMILES string of the molecule is COc1cc(NC2CCCN(C(=O)c3n[nH]c4c3CNCC4)C2)cc(OC)c1.Cl. The van der Waals surface area contributed by atoms with E-state index < -0.39 is 0 Å². The van der Waals surface area contributed by atoms with Crippen molar-refractivity contribution in [1.82, 2.24) is 20.4 Å². The van der Waals surface area contributed by atoms with E-state index in [-0.39, 0.29) is 24.4 Å². The molecule has 3 N–H and O–H groups in total. The summed E-state index contributed by atoms with van der Waals surface area (Å²) in [5.41, 5.74) is 3.59. The van der Waals surface area contributed by atoms with Gasteiger partial charge in [0.15, 0.2) is 5.69 Å². The lowest BCUT2D eigenvalue weighted by Crippen LogP contribution is -2.45. The van der Waals surface area contributed by atoms with Crippen molar-refractivity contribution in [1.29, 1.82) is 0 Å². The van der Waals surface area contributed by atoms with Gasteiger partial charge in [0.25, 0.3) is 5.91 Å². The molecule has 0 saturated carbocycles. The van der Waals surface area contributed by atoms with Crippen LogP contribution in [0.2, 0.25) is 0 Å². The number of aromatic nitrogens is 2. The van der Waals surface area contributed by atoms with E-state index in [4.69, 9.17) is 9.47 Å². The Balaban J connectivity index is 0.00000240. The second kappa shape index (κ2) is 9.37. The summed E-state index contributed by atoms with van der Waals surface area (Å²) in [6.45, 7) is 3.02. The fraction of sp³-hybridized carbons (Fsp3) is 0.500. The van der Waals surface area contributed by atoms with E-state index >= 15 is 0 Å². The Morgan fingerprint density at radius 2 is 2.00 bits per heavy atom. The molecule has 1 unspecified atom stereocenters. The number of rotatable bonds is 5. The van der Waals surface area contributed by atoms with Gasteiger partial charge in [-0.1, -0.05) is 0 Å². The van der Waals surface area contributed by atoms with Crippen LogP contribution in [0.3, 0.4) is 0 Å². The first-order valence-electron chi connectivity index (χ1n) is 9.73. The Labute approximate surface area is 176 Å². The maximum absolute atomic E-state index is 13.1. The number of fused-ring (bicyclic) bond motifs is 1. The van der Waals surface area contributed by atoms with Gasteiger partial charge in [0.05, 0.1) is 14.2 Å². The average Bonchev–Trinajstić information content (AvgIpc) is 3.17. The Hall–Kier alpha value is -2.45. The van der Waals surface area contributed by atoms with E-state index in [1.54, 1.807) is 14.2 Å². The highest BCUT2D eigenvalue weighted by Crippen LogP contribution is 2.27. The van der Waals surface area contributed by atoms with Gasteiger partial charge in [0.1, 0.15) is 11.5 Å². The molecule has 1 fully saturated rings. The number of amides is 1. The van der Waals surface area contributed by atoms with E-state index in [9.17, 15) is 4.79 Å². The summed E-state index contributed by atoms with van der Waals surface area (Å²) >= 11 is 0. The molecule has 2 aliphatic rings. The smallest absolute Gasteiger partial charge is 0.274 e. The molecule has 158 valence electrons. The number of aromatic amines is 1. The number of hydrogen-bond acceptors (Lipinski definition) is 6. The zero-order chi connectivity index (χ0) is 19.5. The number of anilines is 1. The fourth-order valence-corrected chi connectivity index (χ4v) is 3.96. The maximum Gasteiger partial charge on any atom is 0.274 e. The molecule has 0 radical (unpaired) electrons. The highest BCUT2D eigenvalue weighted by molar-refractivity contribution is 5.94. The van der Waals surface area contributed by atoms with Crippen molar-refractivity contribution in [3.63, 3.8) is 0 Å². The number of likely N-dealkylation sites (tertiary alicyclic amines) is 1. The van der Waals surface area contributed by atoms with Crippen LogP contribution in [-0.2, 0) is 13.0 Å². The minimum atomic E-state index is 0. The summed E-state index contributed by atoms with van der Waals surface area (Å²) in [6.07, 6.45) is 2.84. The van der Waals surface area contributed by atoms with Crippen molar-refractivity contribution < 1.29 is 14.3 Å². The number of halogens is 1. The molecule has 1 atom stereocenters. The Bertz CT molecular complexity index is 834. The molecule has 0 spiro atoms. The molecule has 9 heteroatoms. The topological polar surface area (TPSA) is 91.5 Å². The molecule has 4 rings (SSSR count). The third kappa shape index (κ3) is 4.59. The summed E-state index contributed by atoms with van der Waals surface area (Å²) in [4.78, 5) is 15.0. The van der Waals surface area contributed by atoms with E-state index in [1.165, 1.54) is 0 Å². The van der Waals surface area contributed by atoms with Crippen LogP contribution in [0.5, 0.6) is 11.5 Å². The standard InChI is InChI=1S/C20H27N5O3.ClH/c1-27-15-8-14(9-16(10-15)28-2)22-13-4-3-7-25(12-13)20(26)19-17-11-21-6-5-18(17)23-24-19;/h8-10,13,21-22H,3-7,11-12H2,1-2H3,(H,23,24);1H. The van der Waals surface area contributed by atoms with Crippen LogP contribution in [-0.4, -0.2) is 60.9 Å². The summed E-state index contributed by atoms with van der Waals surface area (Å²) in [6, 6.07) is 5.90. The highest BCUT2D eigenvalue weighted by Gasteiger charge is 2.29. The van der Waals surface area contributed by atoms with Crippen molar-refractivity contribution >= 4 is 24.0 Å². The van der Waals surface area contributed by atoms with Gasteiger partial charge in [-0.2, -0.15) is 5.10 Å². The van der Waals surface area contributed by atoms with Crippen LogP contribution in [0.4, 0.5) is 5.69 Å². The van der Waals surface area contributed by atoms with E-state index in [0.29, 0.717) is 18.8 Å². The van der Waals surface area contributed by atoms with Gasteiger partial charge < -0.3 is 25.0 Å².